The number of aliphatic hydroxyl groups excluding tert-OH is 1. The van der Waals surface area contributed by atoms with Gasteiger partial charge in [0.25, 0.3) is 0 Å². The Morgan fingerprint density at radius 1 is 1.35 bits per heavy atom. The number of aliphatic hydroxyl groups is 1. The predicted molar refractivity (Wildman–Crippen MR) is 67.7 cm³/mol. The lowest BCUT2D eigenvalue weighted by Gasteiger charge is -2.22. The van der Waals surface area contributed by atoms with E-state index < -0.39 is 29.3 Å². The lowest BCUT2D eigenvalue weighted by atomic mass is 10.0. The van der Waals surface area contributed by atoms with Gasteiger partial charge in [-0.05, 0) is 24.1 Å². The summed E-state index contributed by atoms with van der Waals surface area (Å²) in [5.74, 6) is -1.63. The number of carboxylic acid groups (broad SMARTS) is 1. The number of carbonyl (C=O) groups is 1. The molecule has 0 bridgehead atoms. The third-order valence-corrected chi connectivity index (χ3v) is 2.91. The van der Waals surface area contributed by atoms with Gasteiger partial charge in [0.2, 0.25) is 0 Å². The zero-order valence-corrected chi connectivity index (χ0v) is 11.0. The Kier molecular flexibility index (Phi) is 4.99. The van der Waals surface area contributed by atoms with E-state index in [0.29, 0.717) is 0 Å². The van der Waals surface area contributed by atoms with E-state index in [9.17, 15) is 18.0 Å². The van der Waals surface area contributed by atoms with Gasteiger partial charge in [-0.15, -0.1) is 0 Å². The molecule has 7 heteroatoms. The molecule has 20 heavy (non-hydrogen) atoms. The number of hydrogen-bond acceptors (Lipinski definition) is 3. The Morgan fingerprint density at radius 3 is 2.35 bits per heavy atom. The van der Waals surface area contributed by atoms with Gasteiger partial charge in [-0.1, -0.05) is 13.8 Å². The standard InChI is InChI=1S/C13H16F3NO3/c1-7(2)11(6-18)17-8-3-4-9(12(19)20)10(5-8)13(14,15)16/h3-5,7,11,17-18H,6H2,1-2H3,(H,19,20)/t11-/m1/s1. The average molecular weight is 291 g/mol. The first-order valence-electron chi connectivity index (χ1n) is 5.98. The Labute approximate surface area is 114 Å². The molecule has 112 valence electrons. The van der Waals surface area contributed by atoms with Gasteiger partial charge in [-0.2, -0.15) is 13.2 Å². The molecule has 3 N–H and O–H groups in total. The van der Waals surface area contributed by atoms with Crippen molar-refractivity contribution in [1.29, 1.82) is 0 Å². The van der Waals surface area contributed by atoms with Crippen LogP contribution in [-0.2, 0) is 6.18 Å². The van der Waals surface area contributed by atoms with Crippen LogP contribution < -0.4 is 5.32 Å². The molecule has 0 saturated heterocycles. The first-order valence-corrected chi connectivity index (χ1v) is 5.98. The molecule has 1 rings (SSSR count). The molecule has 1 atom stereocenters. The van der Waals surface area contributed by atoms with Gasteiger partial charge >= 0.3 is 12.1 Å². The second-order valence-electron chi connectivity index (χ2n) is 4.74. The highest BCUT2D eigenvalue weighted by atomic mass is 19.4. The average Bonchev–Trinajstić information content (AvgIpc) is 2.34. The fourth-order valence-corrected chi connectivity index (χ4v) is 1.69. The van der Waals surface area contributed by atoms with Crippen molar-refractivity contribution in [2.45, 2.75) is 26.1 Å². The first-order chi connectivity index (χ1) is 9.16. The number of alkyl halides is 3. The first kappa shape index (κ1) is 16.3. The van der Waals surface area contributed by atoms with Gasteiger partial charge in [-0.3, -0.25) is 0 Å². The van der Waals surface area contributed by atoms with Crippen molar-refractivity contribution in [3.05, 3.63) is 29.3 Å². The molecule has 0 aliphatic carbocycles. The number of carboxylic acids is 1. The lowest BCUT2D eigenvalue weighted by Crippen LogP contribution is -2.29. The summed E-state index contributed by atoms with van der Waals surface area (Å²) in [6.45, 7) is 3.38. The van der Waals surface area contributed by atoms with E-state index in [1.54, 1.807) is 0 Å². The molecule has 0 aliphatic rings. The number of hydrogen-bond donors (Lipinski definition) is 3. The Bertz CT molecular complexity index is 486. The van der Waals surface area contributed by atoms with E-state index in [1.165, 1.54) is 6.07 Å². The SMILES string of the molecule is CC(C)[C@@H](CO)Nc1ccc(C(=O)O)c(C(F)(F)F)c1. The normalized spacial score (nSPS) is 13.3. The lowest BCUT2D eigenvalue weighted by molar-refractivity contribution is -0.138. The minimum Gasteiger partial charge on any atom is -0.478 e. The van der Waals surface area contributed by atoms with E-state index in [2.05, 4.69) is 5.32 Å². The maximum absolute atomic E-state index is 12.8. The van der Waals surface area contributed by atoms with Gasteiger partial charge in [-0.25, -0.2) is 4.79 Å². The third-order valence-electron chi connectivity index (χ3n) is 2.91. The molecule has 0 radical (unpaired) electrons. The number of halogens is 3. The van der Waals surface area contributed by atoms with E-state index >= 15 is 0 Å². The molecule has 4 nitrogen and oxygen atoms in total. The van der Waals surface area contributed by atoms with Crippen molar-refractivity contribution in [1.82, 2.24) is 0 Å². The number of rotatable bonds is 5. The summed E-state index contributed by atoms with van der Waals surface area (Å²) in [7, 11) is 0. The monoisotopic (exact) mass is 291 g/mol. The molecule has 0 saturated carbocycles. The summed E-state index contributed by atoms with van der Waals surface area (Å²) in [5.41, 5.74) is -1.89. The summed E-state index contributed by atoms with van der Waals surface area (Å²) in [6, 6.07) is 2.49. The molecule has 0 aliphatic heterocycles. The third kappa shape index (κ3) is 3.86. The van der Waals surface area contributed by atoms with Crippen LogP contribution in [0.2, 0.25) is 0 Å². The van der Waals surface area contributed by atoms with Crippen molar-refractivity contribution in [3.8, 4) is 0 Å². The smallest absolute Gasteiger partial charge is 0.417 e. The molecule has 0 heterocycles. The molecule has 0 amide bonds. The van der Waals surface area contributed by atoms with Gasteiger partial charge < -0.3 is 15.5 Å². The molecular formula is C13H16F3NO3. The van der Waals surface area contributed by atoms with Crippen molar-refractivity contribution in [2.24, 2.45) is 5.92 Å². The van der Waals surface area contributed by atoms with Crippen LogP contribution in [0.15, 0.2) is 18.2 Å². The molecule has 0 unspecified atom stereocenters. The van der Waals surface area contributed by atoms with E-state index in [-0.39, 0.29) is 18.2 Å². The number of nitrogens with one attached hydrogen (secondary N) is 1. The molecule has 0 fully saturated rings. The summed E-state index contributed by atoms with van der Waals surface area (Å²) in [4.78, 5) is 10.8. The number of benzene rings is 1. The zero-order valence-electron chi connectivity index (χ0n) is 11.0. The summed E-state index contributed by atoms with van der Waals surface area (Å²) in [5, 5.41) is 20.7. The summed E-state index contributed by atoms with van der Waals surface area (Å²) in [6.07, 6.45) is -4.75. The maximum atomic E-state index is 12.8. The molecular weight excluding hydrogens is 275 g/mol. The van der Waals surface area contributed by atoms with Crippen LogP contribution in [0.25, 0.3) is 0 Å². The van der Waals surface area contributed by atoms with Crippen molar-refractivity contribution in [2.75, 3.05) is 11.9 Å². The fraction of sp³-hybridized carbons (Fsp3) is 0.462. The highest BCUT2D eigenvalue weighted by molar-refractivity contribution is 5.90. The van der Waals surface area contributed by atoms with Gasteiger partial charge in [0.1, 0.15) is 0 Å². The molecule has 1 aromatic carbocycles. The van der Waals surface area contributed by atoms with Crippen LogP contribution in [0.5, 0.6) is 0 Å². The Hall–Kier alpha value is -1.76. The fourth-order valence-electron chi connectivity index (χ4n) is 1.69. The van der Waals surface area contributed by atoms with E-state index in [0.717, 1.165) is 12.1 Å². The minimum absolute atomic E-state index is 0.00786. The quantitative estimate of drug-likeness (QED) is 0.780. The van der Waals surface area contributed by atoms with Gasteiger partial charge in [0, 0.05) is 5.69 Å². The predicted octanol–water partition coefficient (Wildman–Crippen LogP) is 2.83. The van der Waals surface area contributed by atoms with Crippen LogP contribution in [0, 0.1) is 5.92 Å². The van der Waals surface area contributed by atoms with E-state index in [4.69, 9.17) is 10.2 Å². The van der Waals surface area contributed by atoms with Crippen LogP contribution in [0.4, 0.5) is 18.9 Å². The van der Waals surface area contributed by atoms with E-state index in [1.807, 2.05) is 13.8 Å². The van der Waals surface area contributed by atoms with Crippen LogP contribution >= 0.6 is 0 Å². The van der Waals surface area contributed by atoms with Gasteiger partial charge in [0.05, 0.1) is 23.8 Å². The summed E-state index contributed by atoms with van der Waals surface area (Å²) >= 11 is 0. The van der Waals surface area contributed by atoms with Crippen LogP contribution in [-0.4, -0.2) is 28.8 Å². The topological polar surface area (TPSA) is 69.6 Å². The Balaban J connectivity index is 3.16. The second-order valence-corrected chi connectivity index (χ2v) is 4.74. The van der Waals surface area contributed by atoms with Crippen molar-refractivity contribution < 1.29 is 28.2 Å². The largest absolute Gasteiger partial charge is 0.478 e. The number of anilines is 1. The molecule has 0 spiro atoms. The molecule has 1 aromatic rings. The highest BCUT2D eigenvalue weighted by Crippen LogP contribution is 2.34. The summed E-state index contributed by atoms with van der Waals surface area (Å²) < 4.78 is 38.5. The van der Waals surface area contributed by atoms with Crippen molar-refractivity contribution >= 4 is 11.7 Å². The van der Waals surface area contributed by atoms with Crippen molar-refractivity contribution in [3.63, 3.8) is 0 Å². The highest BCUT2D eigenvalue weighted by Gasteiger charge is 2.35. The minimum atomic E-state index is -4.75. The second kappa shape index (κ2) is 6.13. The maximum Gasteiger partial charge on any atom is 0.417 e. The Morgan fingerprint density at radius 2 is 1.95 bits per heavy atom. The zero-order chi connectivity index (χ0) is 15.5. The molecule has 0 aromatic heterocycles. The van der Waals surface area contributed by atoms with Crippen LogP contribution in [0.3, 0.4) is 0 Å². The van der Waals surface area contributed by atoms with Crippen LogP contribution in [0.1, 0.15) is 29.8 Å². The number of aromatic carboxylic acids is 1. The van der Waals surface area contributed by atoms with Gasteiger partial charge in [0.15, 0.2) is 0 Å².